The maximum absolute atomic E-state index is 13.0. The molecule has 172 valence electrons. The number of amides is 2. The second-order valence-electron chi connectivity index (χ2n) is 8.23. The number of ether oxygens (including phenoxy) is 2. The van der Waals surface area contributed by atoms with Crippen molar-refractivity contribution < 1.29 is 23.5 Å². The highest BCUT2D eigenvalue weighted by Gasteiger charge is 2.34. The molecule has 2 aromatic rings. The molecule has 32 heavy (non-hydrogen) atoms. The van der Waals surface area contributed by atoms with Crippen LogP contribution in [-0.2, 0) is 20.9 Å². The van der Waals surface area contributed by atoms with E-state index in [0.29, 0.717) is 38.4 Å². The molecule has 8 nitrogen and oxygen atoms in total. The van der Waals surface area contributed by atoms with Gasteiger partial charge in [-0.1, -0.05) is 0 Å². The Morgan fingerprint density at radius 3 is 2.72 bits per heavy atom. The van der Waals surface area contributed by atoms with Crippen LogP contribution in [0.25, 0.3) is 0 Å². The van der Waals surface area contributed by atoms with Crippen molar-refractivity contribution >= 4 is 11.8 Å². The first-order valence-corrected chi connectivity index (χ1v) is 11.1. The van der Waals surface area contributed by atoms with Crippen molar-refractivity contribution in [3.63, 3.8) is 0 Å². The highest BCUT2D eigenvalue weighted by Crippen LogP contribution is 2.21. The van der Waals surface area contributed by atoms with Gasteiger partial charge in [0.05, 0.1) is 6.54 Å². The number of hydrogen-bond donors (Lipinski definition) is 0. The van der Waals surface area contributed by atoms with E-state index in [-0.39, 0.29) is 36.4 Å². The number of aryl methyl sites for hydroxylation is 1. The molecule has 2 saturated heterocycles. The lowest BCUT2D eigenvalue weighted by Gasteiger charge is -2.42. The molecule has 1 unspecified atom stereocenters. The molecule has 0 aliphatic carbocycles. The summed E-state index contributed by atoms with van der Waals surface area (Å²) in [5.41, 5.74) is 0. The van der Waals surface area contributed by atoms with Gasteiger partial charge in [-0.2, -0.15) is 5.10 Å². The van der Waals surface area contributed by atoms with E-state index in [1.807, 2.05) is 26.7 Å². The van der Waals surface area contributed by atoms with Crippen LogP contribution < -0.4 is 4.74 Å². The number of benzene rings is 1. The molecule has 2 amide bonds. The predicted molar refractivity (Wildman–Crippen MR) is 114 cm³/mol. The van der Waals surface area contributed by atoms with Gasteiger partial charge >= 0.3 is 0 Å². The molecule has 0 saturated carbocycles. The van der Waals surface area contributed by atoms with Crippen molar-refractivity contribution in [2.24, 2.45) is 0 Å². The van der Waals surface area contributed by atoms with Gasteiger partial charge in [0.2, 0.25) is 11.8 Å². The number of carbonyl (C=O) groups excluding carboxylic acids is 2. The van der Waals surface area contributed by atoms with E-state index >= 15 is 0 Å². The molecular formula is C23H29FN4O4. The summed E-state index contributed by atoms with van der Waals surface area (Å²) in [7, 11) is 0. The summed E-state index contributed by atoms with van der Waals surface area (Å²) in [6, 6.07) is 7.82. The fourth-order valence-electron chi connectivity index (χ4n) is 4.23. The van der Waals surface area contributed by atoms with E-state index in [0.717, 1.165) is 25.8 Å². The standard InChI is InChI=1S/C23H29FN4O4/c24-18-4-6-20(7-5-18)31-16-21-15-28(23(30)17-32-21)19-8-13-26(14-9-19)22(29)3-1-11-27-12-2-10-25-27/h2,4-7,10,12,19,21H,1,3,8-9,11,13-17H2. The lowest BCUT2D eigenvalue weighted by molar-refractivity contribution is -0.155. The number of hydrogen-bond acceptors (Lipinski definition) is 5. The minimum Gasteiger partial charge on any atom is -0.491 e. The lowest BCUT2D eigenvalue weighted by Crippen LogP contribution is -2.55. The Morgan fingerprint density at radius 2 is 2.00 bits per heavy atom. The van der Waals surface area contributed by atoms with Crippen molar-refractivity contribution in [2.75, 3.05) is 32.8 Å². The van der Waals surface area contributed by atoms with Gasteiger partial charge in [-0.25, -0.2) is 4.39 Å². The monoisotopic (exact) mass is 444 g/mol. The van der Waals surface area contributed by atoms with Crippen LogP contribution in [0.3, 0.4) is 0 Å². The topological polar surface area (TPSA) is 76.9 Å². The number of halogens is 1. The van der Waals surface area contributed by atoms with Crippen molar-refractivity contribution in [3.8, 4) is 5.75 Å². The summed E-state index contributed by atoms with van der Waals surface area (Å²) in [4.78, 5) is 28.8. The molecule has 0 N–H and O–H groups in total. The molecule has 2 aliphatic heterocycles. The Labute approximate surface area is 186 Å². The SMILES string of the molecule is O=C(CCCn1cccn1)N1CCC(N2CC(COc3ccc(F)cc3)OCC2=O)CC1. The third kappa shape index (κ3) is 5.85. The maximum Gasteiger partial charge on any atom is 0.248 e. The Kier molecular flexibility index (Phi) is 7.36. The number of rotatable bonds is 8. The summed E-state index contributed by atoms with van der Waals surface area (Å²) in [6.45, 7) is 2.84. The first kappa shape index (κ1) is 22.3. The molecule has 2 fully saturated rings. The van der Waals surface area contributed by atoms with Gasteiger partial charge < -0.3 is 19.3 Å². The van der Waals surface area contributed by atoms with Crippen LogP contribution in [0, 0.1) is 5.82 Å². The Bertz CT molecular complexity index is 882. The highest BCUT2D eigenvalue weighted by atomic mass is 19.1. The van der Waals surface area contributed by atoms with E-state index in [9.17, 15) is 14.0 Å². The van der Waals surface area contributed by atoms with Crippen LogP contribution in [0.15, 0.2) is 42.7 Å². The van der Waals surface area contributed by atoms with Gasteiger partial charge in [0.1, 0.15) is 30.9 Å². The summed E-state index contributed by atoms with van der Waals surface area (Å²) in [5, 5.41) is 4.15. The summed E-state index contributed by atoms with van der Waals surface area (Å²) >= 11 is 0. The van der Waals surface area contributed by atoms with Crippen LogP contribution in [-0.4, -0.2) is 76.4 Å². The van der Waals surface area contributed by atoms with Crippen molar-refractivity contribution in [1.82, 2.24) is 19.6 Å². The van der Waals surface area contributed by atoms with Gasteiger partial charge in [0, 0.05) is 44.5 Å². The van der Waals surface area contributed by atoms with Gasteiger partial charge in [0.15, 0.2) is 0 Å². The third-order valence-electron chi connectivity index (χ3n) is 6.01. The van der Waals surface area contributed by atoms with E-state index in [4.69, 9.17) is 9.47 Å². The average Bonchev–Trinajstić information content (AvgIpc) is 3.33. The second kappa shape index (κ2) is 10.6. The zero-order valence-corrected chi connectivity index (χ0v) is 18.1. The van der Waals surface area contributed by atoms with Crippen molar-refractivity contribution in [1.29, 1.82) is 0 Å². The van der Waals surface area contributed by atoms with Crippen LogP contribution in [0.2, 0.25) is 0 Å². The molecule has 4 rings (SSSR count). The molecule has 0 spiro atoms. The zero-order chi connectivity index (χ0) is 22.3. The van der Waals surface area contributed by atoms with Gasteiger partial charge in [-0.3, -0.25) is 14.3 Å². The average molecular weight is 445 g/mol. The van der Waals surface area contributed by atoms with E-state index in [1.54, 1.807) is 18.3 Å². The number of carbonyl (C=O) groups is 2. The normalized spacial score (nSPS) is 19.9. The summed E-state index contributed by atoms with van der Waals surface area (Å²) in [6.07, 6.45) is 6.19. The van der Waals surface area contributed by atoms with E-state index < -0.39 is 0 Å². The Hall–Kier alpha value is -2.94. The third-order valence-corrected chi connectivity index (χ3v) is 6.01. The Balaban J connectivity index is 1.20. The Morgan fingerprint density at radius 1 is 1.22 bits per heavy atom. The minimum absolute atomic E-state index is 0.0213. The zero-order valence-electron chi connectivity index (χ0n) is 18.1. The van der Waals surface area contributed by atoms with Crippen LogP contribution in [0.5, 0.6) is 5.75 Å². The van der Waals surface area contributed by atoms with Crippen LogP contribution in [0.4, 0.5) is 4.39 Å². The quantitative estimate of drug-likeness (QED) is 0.623. The van der Waals surface area contributed by atoms with Crippen molar-refractivity contribution in [3.05, 3.63) is 48.5 Å². The summed E-state index contributed by atoms with van der Waals surface area (Å²) < 4.78 is 26.2. The molecule has 1 aromatic heterocycles. The molecule has 0 radical (unpaired) electrons. The maximum atomic E-state index is 13.0. The highest BCUT2D eigenvalue weighted by molar-refractivity contribution is 5.79. The number of morpholine rings is 1. The van der Waals surface area contributed by atoms with Crippen LogP contribution in [0.1, 0.15) is 25.7 Å². The number of aromatic nitrogens is 2. The number of likely N-dealkylation sites (tertiary alicyclic amines) is 1. The second-order valence-corrected chi connectivity index (χ2v) is 8.23. The fourth-order valence-corrected chi connectivity index (χ4v) is 4.23. The molecular weight excluding hydrogens is 415 g/mol. The molecule has 9 heteroatoms. The summed E-state index contributed by atoms with van der Waals surface area (Å²) in [5.74, 6) is 0.394. The molecule has 2 aliphatic rings. The van der Waals surface area contributed by atoms with Gasteiger partial charge in [-0.15, -0.1) is 0 Å². The van der Waals surface area contributed by atoms with E-state index in [1.165, 1.54) is 12.1 Å². The minimum atomic E-state index is -0.314. The number of piperidine rings is 1. The van der Waals surface area contributed by atoms with Crippen LogP contribution >= 0.6 is 0 Å². The lowest BCUT2D eigenvalue weighted by atomic mass is 10.0. The van der Waals surface area contributed by atoms with E-state index in [2.05, 4.69) is 5.10 Å². The largest absolute Gasteiger partial charge is 0.491 e. The molecule has 0 bridgehead atoms. The smallest absolute Gasteiger partial charge is 0.248 e. The molecule has 3 heterocycles. The van der Waals surface area contributed by atoms with Gasteiger partial charge in [0.25, 0.3) is 0 Å². The number of nitrogens with zero attached hydrogens (tertiary/aromatic N) is 4. The first-order valence-electron chi connectivity index (χ1n) is 11.1. The van der Waals surface area contributed by atoms with Gasteiger partial charge in [-0.05, 0) is 49.6 Å². The fraction of sp³-hybridized carbons (Fsp3) is 0.522. The first-order chi connectivity index (χ1) is 15.6. The molecule has 1 aromatic carbocycles. The molecule has 1 atom stereocenters. The van der Waals surface area contributed by atoms with Crippen molar-refractivity contribution in [2.45, 2.75) is 44.4 Å². The predicted octanol–water partition coefficient (Wildman–Crippen LogP) is 2.10.